The third kappa shape index (κ3) is 6.98. The van der Waals surface area contributed by atoms with Gasteiger partial charge in [0.15, 0.2) is 0 Å². The van der Waals surface area contributed by atoms with E-state index in [1.807, 2.05) is 47.4 Å². The number of hydrogen-bond donors (Lipinski definition) is 1. The van der Waals surface area contributed by atoms with Crippen molar-refractivity contribution < 1.29 is 9.00 Å². The van der Waals surface area contributed by atoms with Crippen LogP contribution in [0.5, 0.6) is 0 Å². The van der Waals surface area contributed by atoms with Crippen LogP contribution in [0.4, 0.5) is 5.69 Å². The molecule has 0 aromatic heterocycles. The highest BCUT2D eigenvalue weighted by Crippen LogP contribution is 2.16. The summed E-state index contributed by atoms with van der Waals surface area (Å²) in [6, 6.07) is 16.9. The molecule has 1 N–H and O–H groups in total. The molecule has 0 bridgehead atoms. The maximum Gasteiger partial charge on any atom is 0.253 e. The third-order valence-corrected chi connectivity index (χ3v) is 6.29. The molecule has 0 spiro atoms. The van der Waals surface area contributed by atoms with Crippen molar-refractivity contribution in [2.45, 2.75) is 31.4 Å². The molecule has 0 radical (unpaired) electrons. The fourth-order valence-electron chi connectivity index (χ4n) is 3.55. The van der Waals surface area contributed by atoms with Crippen LogP contribution < -0.4 is 4.72 Å². The van der Waals surface area contributed by atoms with Crippen LogP contribution in [0.2, 0.25) is 0 Å². The number of anilines is 1. The topological polar surface area (TPSA) is 52.7 Å². The number of nitrogens with one attached hydrogen (secondary N) is 1. The molecule has 2 aliphatic rings. The number of hydrogen-bond acceptors (Lipinski definition) is 3. The van der Waals surface area contributed by atoms with Crippen LogP contribution in [0.25, 0.3) is 0 Å². The van der Waals surface area contributed by atoms with E-state index in [1.54, 1.807) is 12.1 Å². The molecule has 1 atom stereocenters. The fraction of sp³-hybridized carbons (Fsp3) is 0.435. The zero-order chi connectivity index (χ0) is 20.5. The number of likely N-dealkylation sites (tertiary alicyclic amines) is 2. The van der Waals surface area contributed by atoms with E-state index in [0.717, 1.165) is 37.2 Å². The highest BCUT2D eigenvalue weighted by atomic mass is 32.2. The van der Waals surface area contributed by atoms with E-state index in [1.165, 1.54) is 25.9 Å². The van der Waals surface area contributed by atoms with Gasteiger partial charge in [-0.1, -0.05) is 30.3 Å². The molecule has 2 aliphatic heterocycles. The van der Waals surface area contributed by atoms with Crippen molar-refractivity contribution in [3.63, 3.8) is 0 Å². The molecule has 6 heteroatoms. The Labute approximate surface area is 176 Å². The summed E-state index contributed by atoms with van der Waals surface area (Å²) < 4.78 is 15.1. The van der Waals surface area contributed by atoms with Gasteiger partial charge in [0.25, 0.3) is 5.91 Å². The molecule has 2 saturated heterocycles. The second-order valence-electron chi connectivity index (χ2n) is 7.66. The van der Waals surface area contributed by atoms with Gasteiger partial charge in [-0.25, -0.2) is 4.21 Å². The summed E-state index contributed by atoms with van der Waals surface area (Å²) in [6.45, 7) is 4.33. The molecule has 5 nitrogen and oxygen atoms in total. The van der Waals surface area contributed by atoms with Gasteiger partial charge in [-0.3, -0.25) is 4.79 Å². The summed E-state index contributed by atoms with van der Waals surface area (Å²) in [5.74, 6) is 0.537. The Morgan fingerprint density at radius 3 is 2.03 bits per heavy atom. The SMILES string of the molecule is CN1CCCC1.O=C(c1ccc(NS(=O)Cc2ccccc2)cc1)N1CCCC1. The first-order valence-corrected chi connectivity index (χ1v) is 11.7. The minimum absolute atomic E-state index is 0.0828. The van der Waals surface area contributed by atoms with E-state index in [4.69, 9.17) is 0 Å². The zero-order valence-electron chi connectivity index (χ0n) is 17.2. The van der Waals surface area contributed by atoms with Gasteiger partial charge < -0.3 is 14.5 Å². The summed E-state index contributed by atoms with van der Waals surface area (Å²) in [4.78, 5) is 16.5. The Kier molecular flexibility index (Phi) is 8.25. The average molecular weight is 414 g/mol. The van der Waals surface area contributed by atoms with Gasteiger partial charge in [0.1, 0.15) is 11.0 Å². The van der Waals surface area contributed by atoms with Crippen LogP contribution in [0.3, 0.4) is 0 Å². The molecule has 0 aliphatic carbocycles. The van der Waals surface area contributed by atoms with Crippen LogP contribution in [0, 0.1) is 0 Å². The Balaban J connectivity index is 0.000000343. The van der Waals surface area contributed by atoms with Gasteiger partial charge in [-0.15, -0.1) is 0 Å². The maximum atomic E-state index is 12.3. The number of carbonyl (C=O) groups is 1. The van der Waals surface area contributed by atoms with Crippen molar-refractivity contribution >= 4 is 22.6 Å². The first-order valence-electron chi connectivity index (χ1n) is 10.4. The van der Waals surface area contributed by atoms with Gasteiger partial charge in [0.2, 0.25) is 0 Å². The van der Waals surface area contributed by atoms with E-state index >= 15 is 0 Å². The number of rotatable bonds is 5. The highest BCUT2D eigenvalue weighted by Gasteiger charge is 2.19. The Morgan fingerprint density at radius 1 is 0.897 bits per heavy atom. The molecule has 1 unspecified atom stereocenters. The Morgan fingerprint density at radius 2 is 1.48 bits per heavy atom. The average Bonchev–Trinajstić information content (AvgIpc) is 3.43. The molecule has 2 aromatic rings. The normalized spacial score (nSPS) is 17.5. The van der Waals surface area contributed by atoms with Crippen molar-refractivity contribution in [3.8, 4) is 0 Å². The van der Waals surface area contributed by atoms with E-state index in [0.29, 0.717) is 11.3 Å². The summed E-state index contributed by atoms with van der Waals surface area (Å²) >= 11 is 0. The molecule has 2 fully saturated rings. The van der Waals surface area contributed by atoms with E-state index < -0.39 is 11.0 Å². The Hall–Kier alpha value is -2.18. The molecule has 4 rings (SSSR count). The lowest BCUT2D eigenvalue weighted by molar-refractivity contribution is 0.0793. The third-order valence-electron chi connectivity index (χ3n) is 5.23. The maximum absolute atomic E-state index is 12.3. The fourth-order valence-corrected chi connectivity index (χ4v) is 4.52. The Bertz CT molecular complexity index is 784. The lowest BCUT2D eigenvalue weighted by Gasteiger charge is -2.15. The van der Waals surface area contributed by atoms with E-state index in [9.17, 15) is 9.00 Å². The predicted molar refractivity (Wildman–Crippen MR) is 120 cm³/mol. The standard InChI is InChI=1S/C18H20N2O2S.C5H11N/c21-18(20-12-4-5-13-20)16-8-10-17(11-9-16)19-23(22)14-15-6-2-1-3-7-15;1-6-4-2-3-5-6/h1-3,6-11,19H,4-5,12-14H2;2-5H2,1H3. The summed E-state index contributed by atoms with van der Waals surface area (Å²) in [7, 11) is 0.987. The first-order chi connectivity index (χ1) is 14.1. The molecule has 1 amide bonds. The first kappa shape index (κ1) is 21.5. The van der Waals surface area contributed by atoms with Crippen LogP contribution in [-0.2, 0) is 16.7 Å². The number of carbonyl (C=O) groups excluding carboxylic acids is 1. The van der Waals surface area contributed by atoms with Crippen LogP contribution >= 0.6 is 0 Å². The number of benzene rings is 2. The van der Waals surface area contributed by atoms with Gasteiger partial charge in [0.05, 0.1) is 5.75 Å². The molecule has 156 valence electrons. The summed E-state index contributed by atoms with van der Waals surface area (Å²) in [5.41, 5.74) is 2.47. The molecule has 2 aromatic carbocycles. The van der Waals surface area contributed by atoms with Crippen LogP contribution in [-0.4, -0.2) is 53.1 Å². The van der Waals surface area contributed by atoms with Crippen molar-refractivity contribution in [2.24, 2.45) is 0 Å². The smallest absolute Gasteiger partial charge is 0.253 e. The van der Waals surface area contributed by atoms with Crippen molar-refractivity contribution in [2.75, 3.05) is 37.9 Å². The molecule has 29 heavy (non-hydrogen) atoms. The summed E-state index contributed by atoms with van der Waals surface area (Å²) in [6.07, 6.45) is 5.00. The van der Waals surface area contributed by atoms with Gasteiger partial charge in [-0.2, -0.15) is 0 Å². The van der Waals surface area contributed by atoms with E-state index in [-0.39, 0.29) is 5.91 Å². The monoisotopic (exact) mass is 413 g/mol. The van der Waals surface area contributed by atoms with Crippen molar-refractivity contribution in [1.82, 2.24) is 9.80 Å². The lowest BCUT2D eigenvalue weighted by Crippen LogP contribution is -2.27. The van der Waals surface area contributed by atoms with Gasteiger partial charge >= 0.3 is 0 Å². The molecular formula is C23H31N3O2S. The second-order valence-corrected chi connectivity index (χ2v) is 8.85. The second kappa shape index (κ2) is 11.1. The molecule has 0 saturated carbocycles. The minimum atomic E-state index is -1.19. The van der Waals surface area contributed by atoms with Gasteiger partial charge in [-0.05, 0) is 75.6 Å². The van der Waals surface area contributed by atoms with Crippen molar-refractivity contribution in [3.05, 3.63) is 65.7 Å². The van der Waals surface area contributed by atoms with Gasteiger partial charge in [0, 0.05) is 24.3 Å². The number of amides is 1. The zero-order valence-corrected chi connectivity index (χ0v) is 18.0. The largest absolute Gasteiger partial charge is 0.339 e. The minimum Gasteiger partial charge on any atom is -0.339 e. The molecular weight excluding hydrogens is 382 g/mol. The molecule has 2 heterocycles. The summed E-state index contributed by atoms with van der Waals surface area (Å²) in [5, 5.41) is 0. The van der Waals surface area contributed by atoms with E-state index in [2.05, 4.69) is 16.7 Å². The quantitative estimate of drug-likeness (QED) is 0.809. The number of nitrogens with zero attached hydrogens (tertiary/aromatic N) is 2. The van der Waals surface area contributed by atoms with Crippen LogP contribution in [0.15, 0.2) is 54.6 Å². The predicted octanol–water partition coefficient (Wildman–Crippen LogP) is 3.91. The van der Waals surface area contributed by atoms with Crippen LogP contribution in [0.1, 0.15) is 41.6 Å². The van der Waals surface area contributed by atoms with Crippen molar-refractivity contribution in [1.29, 1.82) is 0 Å². The lowest BCUT2D eigenvalue weighted by atomic mass is 10.2. The highest BCUT2D eigenvalue weighted by molar-refractivity contribution is 7.85.